The molecule has 0 radical (unpaired) electrons. The molecular weight excluding hydrogens is 288 g/mol. The third-order valence-electron chi connectivity index (χ3n) is 4.50. The number of amides is 2. The van der Waals surface area contributed by atoms with Gasteiger partial charge in [0.25, 0.3) is 0 Å². The molecule has 0 aromatic heterocycles. The molecule has 2 rings (SSSR count). The average molecular weight is 314 g/mol. The predicted molar refractivity (Wildman–Crippen MR) is 84.4 cm³/mol. The van der Waals surface area contributed by atoms with Crippen LogP contribution in [0.4, 0.5) is 4.79 Å². The highest BCUT2D eigenvalue weighted by atomic mass is 32.2. The minimum atomic E-state index is -0.882. The predicted octanol–water partition coefficient (Wildman–Crippen LogP) is 2.86. The molecular formula is C15H26N2O3S. The lowest BCUT2D eigenvalue weighted by atomic mass is 9.95. The molecule has 0 bridgehead atoms. The SMILES string of the molecule is CCCC1SCC(C(=O)O)N1C(=O)N1CC(C)CCC1C. The fourth-order valence-electron chi connectivity index (χ4n) is 3.18. The van der Waals surface area contributed by atoms with Crippen LogP contribution in [0.3, 0.4) is 0 Å². The first-order valence-electron chi connectivity index (χ1n) is 7.89. The van der Waals surface area contributed by atoms with Gasteiger partial charge in [0.15, 0.2) is 0 Å². The molecule has 2 saturated heterocycles. The number of rotatable bonds is 3. The van der Waals surface area contributed by atoms with Gasteiger partial charge in [0, 0.05) is 18.3 Å². The highest BCUT2D eigenvalue weighted by molar-refractivity contribution is 8.00. The van der Waals surface area contributed by atoms with E-state index >= 15 is 0 Å². The summed E-state index contributed by atoms with van der Waals surface area (Å²) in [4.78, 5) is 27.9. The molecule has 6 heteroatoms. The minimum absolute atomic E-state index is 0.00744. The molecule has 2 amide bonds. The monoisotopic (exact) mass is 314 g/mol. The molecule has 120 valence electrons. The molecule has 0 aromatic rings. The summed E-state index contributed by atoms with van der Waals surface area (Å²) in [5.74, 6) is 0.115. The van der Waals surface area contributed by atoms with E-state index in [9.17, 15) is 14.7 Å². The summed E-state index contributed by atoms with van der Waals surface area (Å²) in [6, 6.07) is -0.551. The van der Waals surface area contributed by atoms with Crippen molar-refractivity contribution >= 4 is 23.8 Å². The number of carboxylic acids is 1. The smallest absolute Gasteiger partial charge is 0.327 e. The van der Waals surface area contributed by atoms with E-state index < -0.39 is 12.0 Å². The fraction of sp³-hybridized carbons (Fsp3) is 0.867. The summed E-state index contributed by atoms with van der Waals surface area (Å²) >= 11 is 1.60. The number of hydrogen-bond acceptors (Lipinski definition) is 3. The lowest BCUT2D eigenvalue weighted by Gasteiger charge is -2.41. The Kier molecular flexibility index (Phi) is 5.41. The highest BCUT2D eigenvalue weighted by Crippen LogP contribution is 2.34. The Morgan fingerprint density at radius 3 is 2.62 bits per heavy atom. The van der Waals surface area contributed by atoms with Crippen LogP contribution in [0.1, 0.15) is 46.5 Å². The zero-order valence-corrected chi connectivity index (χ0v) is 13.9. The lowest BCUT2D eigenvalue weighted by molar-refractivity contribution is -0.141. The van der Waals surface area contributed by atoms with Crippen molar-refractivity contribution < 1.29 is 14.7 Å². The number of aliphatic carboxylic acids is 1. The van der Waals surface area contributed by atoms with Gasteiger partial charge in [-0.05, 0) is 32.1 Å². The molecule has 0 saturated carbocycles. The van der Waals surface area contributed by atoms with E-state index in [-0.39, 0.29) is 17.4 Å². The number of carbonyl (C=O) groups excluding carboxylic acids is 1. The van der Waals surface area contributed by atoms with Crippen LogP contribution in [0, 0.1) is 5.92 Å². The Morgan fingerprint density at radius 2 is 2.00 bits per heavy atom. The molecule has 0 aromatic carbocycles. The maximum atomic E-state index is 12.9. The summed E-state index contributed by atoms with van der Waals surface area (Å²) in [5, 5.41) is 9.42. The fourth-order valence-corrected chi connectivity index (χ4v) is 4.69. The lowest BCUT2D eigenvalue weighted by Crippen LogP contribution is -2.56. The quantitative estimate of drug-likeness (QED) is 0.870. The summed E-state index contributed by atoms with van der Waals surface area (Å²) in [6.07, 6.45) is 3.96. The van der Waals surface area contributed by atoms with Gasteiger partial charge in [-0.3, -0.25) is 4.90 Å². The number of carboxylic acid groups (broad SMARTS) is 1. The van der Waals surface area contributed by atoms with Crippen LogP contribution in [0.2, 0.25) is 0 Å². The summed E-state index contributed by atoms with van der Waals surface area (Å²) < 4.78 is 0. The van der Waals surface area contributed by atoms with Crippen molar-refractivity contribution in [3.8, 4) is 0 Å². The summed E-state index contributed by atoms with van der Waals surface area (Å²) in [5.41, 5.74) is 0. The first-order valence-corrected chi connectivity index (χ1v) is 8.93. The Balaban J connectivity index is 2.17. The molecule has 2 fully saturated rings. The third kappa shape index (κ3) is 3.47. The molecule has 21 heavy (non-hydrogen) atoms. The number of piperidine rings is 1. The molecule has 2 aliphatic heterocycles. The Labute approximate surface area is 131 Å². The van der Waals surface area contributed by atoms with Gasteiger partial charge < -0.3 is 10.0 Å². The number of thioether (sulfide) groups is 1. The van der Waals surface area contributed by atoms with Crippen molar-refractivity contribution in [1.82, 2.24) is 9.80 Å². The first-order chi connectivity index (χ1) is 9.95. The van der Waals surface area contributed by atoms with Crippen molar-refractivity contribution in [2.75, 3.05) is 12.3 Å². The van der Waals surface area contributed by atoms with Gasteiger partial charge in [-0.15, -0.1) is 11.8 Å². The second-order valence-electron chi connectivity index (χ2n) is 6.30. The molecule has 1 N–H and O–H groups in total. The molecule has 2 aliphatic rings. The largest absolute Gasteiger partial charge is 0.480 e. The van der Waals surface area contributed by atoms with E-state index in [1.807, 2.05) is 4.90 Å². The zero-order chi connectivity index (χ0) is 15.6. The van der Waals surface area contributed by atoms with Crippen LogP contribution in [-0.4, -0.2) is 56.7 Å². The number of hydrogen-bond donors (Lipinski definition) is 1. The summed E-state index contributed by atoms with van der Waals surface area (Å²) in [7, 11) is 0. The first kappa shape index (κ1) is 16.5. The maximum Gasteiger partial charge on any atom is 0.327 e. The Bertz CT molecular complexity index is 404. The maximum absolute atomic E-state index is 12.9. The standard InChI is InChI=1S/C15H26N2O3S/c1-4-5-13-17(12(9-21-13)14(18)19)15(20)16-8-10(2)6-7-11(16)3/h10-13H,4-9H2,1-3H3,(H,18,19). The zero-order valence-electron chi connectivity index (χ0n) is 13.1. The van der Waals surface area contributed by atoms with Gasteiger partial charge in [0.1, 0.15) is 6.04 Å². The van der Waals surface area contributed by atoms with E-state index in [0.29, 0.717) is 11.7 Å². The minimum Gasteiger partial charge on any atom is -0.480 e. The second kappa shape index (κ2) is 6.90. The van der Waals surface area contributed by atoms with E-state index in [1.165, 1.54) is 0 Å². The van der Waals surface area contributed by atoms with E-state index in [1.54, 1.807) is 16.7 Å². The highest BCUT2D eigenvalue weighted by Gasteiger charge is 2.44. The van der Waals surface area contributed by atoms with Crippen LogP contribution < -0.4 is 0 Å². The van der Waals surface area contributed by atoms with Gasteiger partial charge in [0.05, 0.1) is 5.37 Å². The van der Waals surface area contributed by atoms with Gasteiger partial charge in [-0.25, -0.2) is 9.59 Å². The topological polar surface area (TPSA) is 60.9 Å². The van der Waals surface area contributed by atoms with E-state index in [4.69, 9.17) is 0 Å². The Morgan fingerprint density at radius 1 is 1.29 bits per heavy atom. The molecule has 4 unspecified atom stereocenters. The molecule has 2 heterocycles. The second-order valence-corrected chi connectivity index (χ2v) is 7.52. The van der Waals surface area contributed by atoms with Crippen LogP contribution in [0.5, 0.6) is 0 Å². The average Bonchev–Trinajstić information content (AvgIpc) is 2.85. The molecule has 5 nitrogen and oxygen atoms in total. The molecule has 4 atom stereocenters. The molecule has 0 spiro atoms. The number of likely N-dealkylation sites (tertiary alicyclic amines) is 1. The van der Waals surface area contributed by atoms with Gasteiger partial charge in [-0.2, -0.15) is 0 Å². The van der Waals surface area contributed by atoms with E-state index in [2.05, 4.69) is 20.8 Å². The third-order valence-corrected chi connectivity index (χ3v) is 5.85. The van der Waals surface area contributed by atoms with Crippen LogP contribution in [0.15, 0.2) is 0 Å². The Hall–Kier alpha value is -0.910. The van der Waals surface area contributed by atoms with Crippen molar-refractivity contribution in [3.05, 3.63) is 0 Å². The van der Waals surface area contributed by atoms with Gasteiger partial charge in [0.2, 0.25) is 0 Å². The van der Waals surface area contributed by atoms with Crippen LogP contribution in [0.25, 0.3) is 0 Å². The summed E-state index contributed by atoms with van der Waals surface area (Å²) in [6.45, 7) is 7.04. The van der Waals surface area contributed by atoms with Crippen LogP contribution >= 0.6 is 11.8 Å². The van der Waals surface area contributed by atoms with Crippen molar-refractivity contribution in [3.63, 3.8) is 0 Å². The van der Waals surface area contributed by atoms with Crippen LogP contribution in [-0.2, 0) is 4.79 Å². The van der Waals surface area contributed by atoms with Crippen molar-refractivity contribution in [1.29, 1.82) is 0 Å². The van der Waals surface area contributed by atoms with Gasteiger partial charge in [-0.1, -0.05) is 20.3 Å². The number of nitrogens with zero attached hydrogens (tertiary/aromatic N) is 2. The number of urea groups is 1. The van der Waals surface area contributed by atoms with Crippen molar-refractivity contribution in [2.24, 2.45) is 5.92 Å². The number of carbonyl (C=O) groups is 2. The molecule has 0 aliphatic carbocycles. The van der Waals surface area contributed by atoms with Gasteiger partial charge >= 0.3 is 12.0 Å². The normalized spacial score (nSPS) is 33.3. The van der Waals surface area contributed by atoms with Crippen molar-refractivity contribution in [2.45, 2.75) is 63.9 Å². The van der Waals surface area contributed by atoms with E-state index in [0.717, 1.165) is 32.2 Å².